The van der Waals surface area contributed by atoms with Gasteiger partial charge in [-0.3, -0.25) is 4.98 Å². The molecule has 0 bridgehead atoms. The number of nitrogens with zero attached hydrogens (tertiary/aromatic N) is 1. The van der Waals surface area contributed by atoms with E-state index in [-0.39, 0.29) is 5.82 Å². The molecule has 76 valence electrons. The Balaban J connectivity index is 2.65. The molecule has 2 rings (SSSR count). The highest BCUT2D eigenvalue weighted by atomic mass is 79.9. The summed E-state index contributed by atoms with van der Waals surface area (Å²) in [4.78, 5) is 4.10. The van der Waals surface area contributed by atoms with Gasteiger partial charge in [0, 0.05) is 17.4 Å². The highest BCUT2D eigenvalue weighted by Crippen LogP contribution is 2.31. The van der Waals surface area contributed by atoms with Gasteiger partial charge in [-0.25, -0.2) is 4.39 Å². The van der Waals surface area contributed by atoms with Gasteiger partial charge in [0.25, 0.3) is 0 Å². The van der Waals surface area contributed by atoms with Crippen molar-refractivity contribution >= 4 is 21.6 Å². The van der Waals surface area contributed by atoms with Crippen molar-refractivity contribution in [3.05, 3.63) is 46.8 Å². The maximum Gasteiger partial charge on any atom is 0.132 e. The Morgan fingerprint density at radius 3 is 2.67 bits per heavy atom. The molecule has 4 heteroatoms. The molecule has 1 aromatic carbocycles. The summed E-state index contributed by atoms with van der Waals surface area (Å²) in [5.74, 6) is -0.309. The lowest BCUT2D eigenvalue weighted by Gasteiger charge is -2.06. The highest BCUT2D eigenvalue weighted by Gasteiger charge is 2.10. The zero-order chi connectivity index (χ0) is 10.8. The molecule has 0 spiro atoms. The summed E-state index contributed by atoms with van der Waals surface area (Å²) in [5.41, 5.74) is 7.21. The maximum absolute atomic E-state index is 13.5. The number of rotatable bonds is 1. The van der Waals surface area contributed by atoms with Gasteiger partial charge in [-0.2, -0.15) is 0 Å². The molecular weight excluding hydrogens is 259 g/mol. The first kappa shape index (κ1) is 10.1. The minimum atomic E-state index is -0.309. The molecule has 0 fully saturated rings. The maximum atomic E-state index is 13.5. The highest BCUT2D eigenvalue weighted by molar-refractivity contribution is 9.10. The van der Waals surface area contributed by atoms with Crippen molar-refractivity contribution in [1.82, 2.24) is 4.98 Å². The second-order valence-corrected chi connectivity index (χ2v) is 3.84. The van der Waals surface area contributed by atoms with E-state index >= 15 is 0 Å². The SMILES string of the molecule is Nc1ccnc(-c2ccccc2F)c1Br. The molecule has 2 N–H and O–H groups in total. The van der Waals surface area contributed by atoms with Gasteiger partial charge in [-0.1, -0.05) is 12.1 Å². The fraction of sp³-hybridized carbons (Fsp3) is 0. The standard InChI is InChI=1S/C11H8BrFN2/c12-10-9(14)5-6-15-11(10)7-3-1-2-4-8(7)13/h1-6H,(H2,14,15). The van der Waals surface area contributed by atoms with Crippen LogP contribution in [0.1, 0.15) is 0 Å². The van der Waals surface area contributed by atoms with Gasteiger partial charge in [0.15, 0.2) is 0 Å². The molecular formula is C11H8BrFN2. The van der Waals surface area contributed by atoms with Crippen molar-refractivity contribution in [2.45, 2.75) is 0 Å². The number of nitrogen functional groups attached to an aromatic ring is 1. The van der Waals surface area contributed by atoms with Crippen LogP contribution in [-0.2, 0) is 0 Å². The number of pyridine rings is 1. The number of hydrogen-bond acceptors (Lipinski definition) is 2. The molecule has 0 saturated carbocycles. The predicted octanol–water partition coefficient (Wildman–Crippen LogP) is 3.23. The van der Waals surface area contributed by atoms with E-state index < -0.39 is 0 Å². The summed E-state index contributed by atoms with van der Waals surface area (Å²) in [6.07, 6.45) is 1.56. The molecule has 0 aliphatic carbocycles. The van der Waals surface area contributed by atoms with Gasteiger partial charge in [-0.15, -0.1) is 0 Å². The third-order valence-corrected chi connectivity index (χ3v) is 2.88. The quantitative estimate of drug-likeness (QED) is 0.861. The summed E-state index contributed by atoms with van der Waals surface area (Å²) in [7, 11) is 0. The van der Waals surface area contributed by atoms with Crippen LogP contribution < -0.4 is 5.73 Å². The molecule has 0 amide bonds. The zero-order valence-corrected chi connectivity index (χ0v) is 9.33. The van der Waals surface area contributed by atoms with E-state index in [1.54, 1.807) is 30.5 Å². The average molecular weight is 267 g/mol. The number of nitrogens with two attached hydrogens (primary N) is 1. The Morgan fingerprint density at radius 2 is 1.93 bits per heavy atom. The Labute approximate surface area is 95.1 Å². The van der Waals surface area contributed by atoms with Crippen molar-refractivity contribution in [2.24, 2.45) is 0 Å². The minimum absolute atomic E-state index is 0.309. The third kappa shape index (κ3) is 1.85. The summed E-state index contributed by atoms with van der Waals surface area (Å²) < 4.78 is 14.1. The van der Waals surface area contributed by atoms with E-state index in [4.69, 9.17) is 5.73 Å². The Morgan fingerprint density at radius 1 is 1.20 bits per heavy atom. The van der Waals surface area contributed by atoms with Crippen LogP contribution in [0.3, 0.4) is 0 Å². The number of halogens is 2. The van der Waals surface area contributed by atoms with Gasteiger partial charge in [0.2, 0.25) is 0 Å². The summed E-state index contributed by atoms with van der Waals surface area (Å²) in [6.45, 7) is 0. The first-order chi connectivity index (χ1) is 7.20. The molecule has 0 aliphatic rings. The van der Waals surface area contributed by atoms with Gasteiger partial charge >= 0.3 is 0 Å². The Kier molecular flexibility index (Phi) is 2.68. The van der Waals surface area contributed by atoms with Crippen LogP contribution in [0.25, 0.3) is 11.3 Å². The normalized spacial score (nSPS) is 10.3. The average Bonchev–Trinajstić information content (AvgIpc) is 2.23. The van der Waals surface area contributed by atoms with Gasteiger partial charge in [0.05, 0.1) is 10.2 Å². The molecule has 0 radical (unpaired) electrons. The van der Waals surface area contributed by atoms with E-state index in [0.717, 1.165) is 0 Å². The van der Waals surface area contributed by atoms with Crippen LogP contribution >= 0.6 is 15.9 Å². The molecule has 0 aliphatic heterocycles. The number of benzene rings is 1. The molecule has 0 atom stereocenters. The van der Waals surface area contributed by atoms with Crippen LogP contribution in [0.5, 0.6) is 0 Å². The smallest absolute Gasteiger partial charge is 0.132 e. The summed E-state index contributed by atoms with van der Waals surface area (Å²) in [5, 5.41) is 0. The van der Waals surface area contributed by atoms with Gasteiger partial charge < -0.3 is 5.73 Å². The molecule has 2 aromatic rings. The predicted molar refractivity (Wildman–Crippen MR) is 61.7 cm³/mol. The number of anilines is 1. The fourth-order valence-corrected chi connectivity index (χ4v) is 1.75. The largest absolute Gasteiger partial charge is 0.398 e. The van der Waals surface area contributed by atoms with Crippen LogP contribution in [0.15, 0.2) is 41.0 Å². The van der Waals surface area contributed by atoms with Crippen molar-refractivity contribution in [1.29, 1.82) is 0 Å². The number of hydrogen-bond donors (Lipinski definition) is 1. The van der Waals surface area contributed by atoms with Crippen LogP contribution in [-0.4, -0.2) is 4.98 Å². The Bertz CT molecular complexity index is 500. The van der Waals surface area contributed by atoms with E-state index in [1.807, 2.05) is 0 Å². The Hall–Kier alpha value is -1.42. The van der Waals surface area contributed by atoms with E-state index in [2.05, 4.69) is 20.9 Å². The minimum Gasteiger partial charge on any atom is -0.398 e. The second-order valence-electron chi connectivity index (χ2n) is 3.04. The van der Waals surface area contributed by atoms with E-state index in [1.165, 1.54) is 6.07 Å². The van der Waals surface area contributed by atoms with Crippen molar-refractivity contribution < 1.29 is 4.39 Å². The van der Waals surface area contributed by atoms with Crippen molar-refractivity contribution in [3.63, 3.8) is 0 Å². The third-order valence-electron chi connectivity index (χ3n) is 2.05. The zero-order valence-electron chi connectivity index (χ0n) is 7.74. The van der Waals surface area contributed by atoms with E-state index in [9.17, 15) is 4.39 Å². The lowest BCUT2D eigenvalue weighted by Crippen LogP contribution is -1.93. The summed E-state index contributed by atoms with van der Waals surface area (Å²) in [6, 6.07) is 8.12. The monoisotopic (exact) mass is 266 g/mol. The first-order valence-corrected chi connectivity index (χ1v) is 5.14. The fourth-order valence-electron chi connectivity index (χ4n) is 1.30. The van der Waals surface area contributed by atoms with Gasteiger partial charge in [0.1, 0.15) is 5.82 Å². The molecule has 1 heterocycles. The second kappa shape index (κ2) is 3.98. The molecule has 0 unspecified atom stereocenters. The summed E-state index contributed by atoms with van der Waals surface area (Å²) >= 11 is 3.30. The first-order valence-electron chi connectivity index (χ1n) is 4.35. The van der Waals surface area contributed by atoms with Crippen molar-refractivity contribution in [3.8, 4) is 11.3 Å². The molecule has 0 saturated heterocycles. The van der Waals surface area contributed by atoms with Crippen LogP contribution in [0.4, 0.5) is 10.1 Å². The topological polar surface area (TPSA) is 38.9 Å². The van der Waals surface area contributed by atoms with Crippen LogP contribution in [0.2, 0.25) is 0 Å². The molecule has 15 heavy (non-hydrogen) atoms. The van der Waals surface area contributed by atoms with Crippen molar-refractivity contribution in [2.75, 3.05) is 5.73 Å². The van der Waals surface area contributed by atoms with Crippen LogP contribution in [0, 0.1) is 5.82 Å². The molecule has 2 nitrogen and oxygen atoms in total. The van der Waals surface area contributed by atoms with Gasteiger partial charge in [-0.05, 0) is 34.1 Å². The van der Waals surface area contributed by atoms with E-state index in [0.29, 0.717) is 21.4 Å². The lowest BCUT2D eigenvalue weighted by molar-refractivity contribution is 0.630. The lowest BCUT2D eigenvalue weighted by atomic mass is 10.1. The molecule has 1 aromatic heterocycles. The number of aromatic nitrogens is 1.